The van der Waals surface area contributed by atoms with Crippen molar-refractivity contribution in [3.63, 3.8) is 0 Å². The van der Waals surface area contributed by atoms with Crippen molar-refractivity contribution in [2.75, 3.05) is 72.0 Å². The Morgan fingerprint density at radius 1 is 0.938 bits per heavy atom. The zero-order valence-corrected chi connectivity index (χ0v) is 19.9. The summed E-state index contributed by atoms with van der Waals surface area (Å²) in [5.74, 6) is -0.235. The first kappa shape index (κ1) is 23.3. The van der Waals surface area contributed by atoms with E-state index in [1.54, 1.807) is 33.3 Å². The molecule has 2 aliphatic rings. The minimum Gasteiger partial charge on any atom is -0.496 e. The van der Waals surface area contributed by atoms with Crippen molar-refractivity contribution < 1.29 is 18.6 Å². The fraction of sp³-hybridized carbons (Fsp3) is 0.500. The van der Waals surface area contributed by atoms with Gasteiger partial charge in [-0.15, -0.1) is 0 Å². The van der Waals surface area contributed by atoms with Gasteiger partial charge in [0.2, 0.25) is 5.79 Å². The minimum absolute atomic E-state index is 0.185. The molecule has 0 atom stereocenters. The molecule has 0 amide bonds. The molecule has 1 saturated heterocycles. The van der Waals surface area contributed by atoms with Crippen LogP contribution < -0.4 is 9.64 Å². The molecule has 0 N–H and O–H groups in total. The number of hydrogen-bond donors (Lipinski definition) is 0. The molecule has 0 spiro atoms. The van der Waals surface area contributed by atoms with E-state index in [-0.39, 0.29) is 5.82 Å². The van der Waals surface area contributed by atoms with Gasteiger partial charge in [0.15, 0.2) is 0 Å². The molecular formula is C24H32FN3O3S. The van der Waals surface area contributed by atoms with Crippen LogP contribution in [0.15, 0.2) is 47.4 Å². The van der Waals surface area contributed by atoms with Crippen LogP contribution in [0.4, 0.5) is 10.1 Å². The average Bonchev–Trinajstić information content (AvgIpc) is 2.84. The number of anilines is 1. The van der Waals surface area contributed by atoms with E-state index in [9.17, 15) is 4.39 Å². The Hall–Kier alpha value is -1.84. The van der Waals surface area contributed by atoms with E-state index in [2.05, 4.69) is 20.2 Å². The van der Waals surface area contributed by atoms with Crippen LogP contribution in [0.1, 0.15) is 12.0 Å². The smallest absolute Gasteiger partial charge is 0.213 e. The van der Waals surface area contributed by atoms with Crippen molar-refractivity contribution >= 4 is 17.6 Å². The highest BCUT2D eigenvalue weighted by Gasteiger charge is 2.43. The quantitative estimate of drug-likeness (QED) is 0.437. The topological polar surface area (TPSA) is 37.4 Å². The summed E-state index contributed by atoms with van der Waals surface area (Å²) in [6, 6.07) is 12.8. The first-order valence-electron chi connectivity index (χ1n) is 11.0. The summed E-state index contributed by atoms with van der Waals surface area (Å²) >= 11 is 1.74. The predicted molar refractivity (Wildman–Crippen MR) is 126 cm³/mol. The molecule has 0 bridgehead atoms. The molecule has 174 valence electrons. The van der Waals surface area contributed by atoms with E-state index >= 15 is 0 Å². The number of fused-ring (bicyclic) bond motifs is 1. The SMILES string of the molecule is COc1cccc2c1C(OC)(OC)CN(CCCN1CCN(c3ccc(F)cc3)CC1)S2. The van der Waals surface area contributed by atoms with E-state index in [1.165, 1.54) is 12.1 Å². The first-order chi connectivity index (χ1) is 15.6. The highest BCUT2D eigenvalue weighted by atomic mass is 32.2. The van der Waals surface area contributed by atoms with Gasteiger partial charge < -0.3 is 19.1 Å². The molecule has 2 heterocycles. The number of rotatable bonds is 8. The highest BCUT2D eigenvalue weighted by molar-refractivity contribution is 7.97. The van der Waals surface area contributed by atoms with E-state index < -0.39 is 5.79 Å². The lowest BCUT2D eigenvalue weighted by Crippen LogP contribution is -2.48. The number of ether oxygens (including phenoxy) is 3. The maximum Gasteiger partial charge on any atom is 0.213 e. The Morgan fingerprint density at radius 3 is 2.31 bits per heavy atom. The van der Waals surface area contributed by atoms with Crippen LogP contribution >= 0.6 is 11.9 Å². The Kier molecular flexibility index (Phi) is 7.58. The van der Waals surface area contributed by atoms with E-state index in [0.717, 1.165) is 67.6 Å². The normalized spacial score (nSPS) is 19.1. The van der Waals surface area contributed by atoms with Gasteiger partial charge in [-0.2, -0.15) is 0 Å². The molecule has 0 aliphatic carbocycles. The van der Waals surface area contributed by atoms with Crippen LogP contribution in [0.2, 0.25) is 0 Å². The third-order valence-electron chi connectivity index (χ3n) is 6.31. The number of methoxy groups -OCH3 is 3. The lowest BCUT2D eigenvalue weighted by Gasteiger charge is -2.42. The summed E-state index contributed by atoms with van der Waals surface area (Å²) in [5.41, 5.74) is 2.06. The third kappa shape index (κ3) is 4.89. The molecular weight excluding hydrogens is 429 g/mol. The van der Waals surface area contributed by atoms with Gasteiger partial charge in [0, 0.05) is 57.5 Å². The molecule has 0 aromatic heterocycles. The van der Waals surface area contributed by atoms with Crippen molar-refractivity contribution in [2.45, 2.75) is 17.1 Å². The first-order valence-corrected chi connectivity index (χ1v) is 11.8. The Morgan fingerprint density at radius 2 is 1.66 bits per heavy atom. The van der Waals surface area contributed by atoms with Gasteiger partial charge in [-0.3, -0.25) is 4.90 Å². The van der Waals surface area contributed by atoms with Crippen molar-refractivity contribution in [2.24, 2.45) is 0 Å². The minimum atomic E-state index is -0.839. The van der Waals surface area contributed by atoms with Gasteiger partial charge in [-0.05, 0) is 61.3 Å². The fourth-order valence-corrected chi connectivity index (χ4v) is 5.73. The molecule has 1 fully saturated rings. The van der Waals surface area contributed by atoms with Gasteiger partial charge >= 0.3 is 0 Å². The maximum absolute atomic E-state index is 13.2. The van der Waals surface area contributed by atoms with E-state index in [1.807, 2.05) is 24.3 Å². The summed E-state index contributed by atoms with van der Waals surface area (Å²) in [7, 11) is 5.06. The number of halogens is 1. The molecule has 0 radical (unpaired) electrons. The van der Waals surface area contributed by atoms with Crippen LogP contribution in [-0.4, -0.2) is 76.3 Å². The zero-order chi connectivity index (χ0) is 22.6. The zero-order valence-electron chi connectivity index (χ0n) is 19.1. The van der Waals surface area contributed by atoms with Gasteiger partial charge in [0.25, 0.3) is 0 Å². The molecule has 2 aromatic rings. The van der Waals surface area contributed by atoms with Crippen molar-refractivity contribution in [1.82, 2.24) is 9.21 Å². The van der Waals surface area contributed by atoms with Crippen LogP contribution in [0, 0.1) is 5.82 Å². The molecule has 32 heavy (non-hydrogen) atoms. The fourth-order valence-electron chi connectivity index (χ4n) is 4.51. The summed E-state index contributed by atoms with van der Waals surface area (Å²) in [6.07, 6.45) is 1.06. The average molecular weight is 462 g/mol. The van der Waals surface area contributed by atoms with Crippen molar-refractivity contribution in [3.8, 4) is 5.75 Å². The Bertz CT molecular complexity index is 887. The summed E-state index contributed by atoms with van der Waals surface area (Å²) in [5, 5.41) is 0. The maximum atomic E-state index is 13.2. The highest BCUT2D eigenvalue weighted by Crippen LogP contribution is 2.46. The van der Waals surface area contributed by atoms with Crippen LogP contribution in [-0.2, 0) is 15.3 Å². The van der Waals surface area contributed by atoms with Gasteiger partial charge in [0.05, 0.1) is 19.2 Å². The standard InChI is InChI=1S/C24H32FN3O3S/c1-29-21-6-4-7-22-23(21)24(30-2,31-3)18-28(32-22)13-5-12-26-14-16-27(17-15-26)20-10-8-19(25)9-11-20/h4,6-11H,5,12-18H2,1-3H3. The number of hydrogen-bond acceptors (Lipinski definition) is 7. The third-order valence-corrected chi connectivity index (χ3v) is 7.41. The lowest BCUT2D eigenvalue weighted by atomic mass is 10.0. The van der Waals surface area contributed by atoms with E-state index in [0.29, 0.717) is 6.54 Å². The monoisotopic (exact) mass is 461 g/mol. The summed E-state index contributed by atoms with van der Waals surface area (Å²) in [6.45, 7) is 6.59. The molecule has 4 rings (SSSR count). The number of nitrogens with zero attached hydrogens (tertiary/aromatic N) is 3. The molecule has 8 heteroatoms. The molecule has 6 nitrogen and oxygen atoms in total. The van der Waals surface area contributed by atoms with Crippen molar-refractivity contribution in [1.29, 1.82) is 0 Å². The second-order valence-electron chi connectivity index (χ2n) is 8.11. The summed E-state index contributed by atoms with van der Waals surface area (Å²) < 4.78 is 32.9. The van der Waals surface area contributed by atoms with Gasteiger partial charge in [-0.25, -0.2) is 8.70 Å². The number of piperazine rings is 1. The second-order valence-corrected chi connectivity index (χ2v) is 9.25. The van der Waals surface area contributed by atoms with Crippen LogP contribution in [0.25, 0.3) is 0 Å². The van der Waals surface area contributed by atoms with Gasteiger partial charge in [0.1, 0.15) is 11.6 Å². The van der Waals surface area contributed by atoms with Crippen LogP contribution in [0.3, 0.4) is 0 Å². The van der Waals surface area contributed by atoms with E-state index in [4.69, 9.17) is 14.2 Å². The molecule has 2 aromatic carbocycles. The Labute approximate surface area is 194 Å². The molecule has 2 aliphatic heterocycles. The lowest BCUT2D eigenvalue weighted by molar-refractivity contribution is -0.223. The van der Waals surface area contributed by atoms with Crippen molar-refractivity contribution in [3.05, 3.63) is 53.8 Å². The van der Waals surface area contributed by atoms with Crippen LogP contribution in [0.5, 0.6) is 5.75 Å². The second kappa shape index (κ2) is 10.4. The molecule has 0 saturated carbocycles. The predicted octanol–water partition coefficient (Wildman–Crippen LogP) is 3.81. The van der Waals surface area contributed by atoms with Gasteiger partial charge in [-0.1, -0.05) is 6.07 Å². The largest absolute Gasteiger partial charge is 0.496 e. The summed E-state index contributed by atoms with van der Waals surface area (Å²) in [4.78, 5) is 5.94. The number of benzene rings is 2. The Balaban J connectivity index is 1.30. The molecule has 0 unspecified atom stereocenters.